The molecule has 1 aliphatic rings. The molecule has 1 atom stereocenters. The molecule has 0 amide bonds. The van der Waals surface area contributed by atoms with Crippen molar-refractivity contribution < 1.29 is 9.90 Å². The van der Waals surface area contributed by atoms with Crippen molar-refractivity contribution in [2.75, 3.05) is 0 Å². The van der Waals surface area contributed by atoms with E-state index in [-0.39, 0.29) is 11.2 Å². The number of allylic oxidation sites excluding steroid dienone is 1. The largest absolute Gasteiger partial charge is 0.387 e. The van der Waals surface area contributed by atoms with Gasteiger partial charge in [0.05, 0.1) is 6.10 Å². The molecule has 17 heavy (non-hydrogen) atoms. The van der Waals surface area contributed by atoms with Gasteiger partial charge < -0.3 is 5.11 Å². The predicted molar refractivity (Wildman–Crippen MR) is 70.0 cm³/mol. The van der Waals surface area contributed by atoms with Crippen molar-refractivity contribution in [2.45, 2.75) is 39.2 Å². The smallest absolute Gasteiger partial charge is 0.156 e. The third kappa shape index (κ3) is 3.27. The summed E-state index contributed by atoms with van der Waals surface area (Å²) in [7, 11) is 0. The Hall–Kier alpha value is -0.930. The van der Waals surface area contributed by atoms with Gasteiger partial charge in [0.1, 0.15) is 0 Å². The Balaban J connectivity index is 2.06. The lowest BCUT2D eigenvalue weighted by Crippen LogP contribution is -2.22. The molecule has 1 heterocycles. The Morgan fingerprint density at radius 3 is 2.82 bits per heavy atom. The third-order valence-corrected chi connectivity index (χ3v) is 4.02. The second kappa shape index (κ2) is 4.75. The number of hydrogen-bond acceptors (Lipinski definition) is 3. The van der Waals surface area contributed by atoms with E-state index >= 15 is 0 Å². The summed E-state index contributed by atoms with van der Waals surface area (Å²) in [5.74, 6) is 0.189. The number of hydrogen-bond donors (Lipinski definition) is 1. The molecular formula is C14H18O2S. The molecule has 92 valence electrons. The van der Waals surface area contributed by atoms with Crippen LogP contribution >= 0.6 is 11.3 Å². The molecule has 1 N–H and O–H groups in total. The van der Waals surface area contributed by atoms with E-state index in [4.69, 9.17) is 0 Å². The van der Waals surface area contributed by atoms with Crippen LogP contribution in [0.1, 0.15) is 44.1 Å². The van der Waals surface area contributed by atoms with Crippen molar-refractivity contribution in [1.29, 1.82) is 0 Å². The van der Waals surface area contributed by atoms with Gasteiger partial charge in [-0.15, -0.1) is 11.3 Å². The zero-order valence-electron chi connectivity index (χ0n) is 10.3. The molecule has 0 radical (unpaired) electrons. The molecule has 1 aromatic heterocycles. The second-order valence-electron chi connectivity index (χ2n) is 5.52. The molecule has 0 bridgehead atoms. The minimum Gasteiger partial charge on any atom is -0.387 e. The SMILES string of the molecule is CC1(C)CC(=O)C=C(CC(O)c2cccs2)C1. The van der Waals surface area contributed by atoms with Crippen LogP contribution in [0.3, 0.4) is 0 Å². The van der Waals surface area contributed by atoms with Crippen molar-refractivity contribution in [2.24, 2.45) is 5.41 Å². The summed E-state index contributed by atoms with van der Waals surface area (Å²) in [5, 5.41) is 12.0. The molecule has 0 aliphatic heterocycles. The van der Waals surface area contributed by atoms with Gasteiger partial charge in [-0.1, -0.05) is 25.5 Å². The van der Waals surface area contributed by atoms with E-state index < -0.39 is 6.10 Å². The van der Waals surface area contributed by atoms with Gasteiger partial charge in [-0.25, -0.2) is 0 Å². The highest BCUT2D eigenvalue weighted by Gasteiger charge is 2.28. The molecule has 1 unspecified atom stereocenters. The van der Waals surface area contributed by atoms with Gasteiger partial charge >= 0.3 is 0 Å². The van der Waals surface area contributed by atoms with Crippen LogP contribution in [0, 0.1) is 5.41 Å². The van der Waals surface area contributed by atoms with Crippen LogP contribution in [0.15, 0.2) is 29.2 Å². The van der Waals surface area contributed by atoms with Gasteiger partial charge in [-0.3, -0.25) is 4.79 Å². The molecule has 0 saturated carbocycles. The zero-order valence-corrected chi connectivity index (χ0v) is 11.1. The van der Waals surface area contributed by atoms with Crippen LogP contribution in [0.25, 0.3) is 0 Å². The average molecular weight is 250 g/mol. The lowest BCUT2D eigenvalue weighted by molar-refractivity contribution is -0.117. The van der Waals surface area contributed by atoms with E-state index in [1.807, 2.05) is 17.5 Å². The highest BCUT2D eigenvalue weighted by atomic mass is 32.1. The van der Waals surface area contributed by atoms with Gasteiger partial charge in [0.2, 0.25) is 0 Å². The molecule has 1 aliphatic carbocycles. The van der Waals surface area contributed by atoms with Crippen LogP contribution < -0.4 is 0 Å². The van der Waals surface area contributed by atoms with E-state index in [0.717, 1.165) is 16.9 Å². The highest BCUT2D eigenvalue weighted by Crippen LogP contribution is 2.37. The summed E-state index contributed by atoms with van der Waals surface area (Å²) in [6.07, 6.45) is 3.35. The predicted octanol–water partition coefficient (Wildman–Crippen LogP) is 3.49. The first-order valence-electron chi connectivity index (χ1n) is 5.90. The van der Waals surface area contributed by atoms with Crippen molar-refractivity contribution in [3.8, 4) is 0 Å². The maximum absolute atomic E-state index is 11.6. The Labute approximate surface area is 106 Å². The topological polar surface area (TPSA) is 37.3 Å². The Morgan fingerprint density at radius 1 is 1.47 bits per heavy atom. The highest BCUT2D eigenvalue weighted by molar-refractivity contribution is 7.10. The van der Waals surface area contributed by atoms with Gasteiger partial charge in [0.25, 0.3) is 0 Å². The maximum Gasteiger partial charge on any atom is 0.156 e. The fourth-order valence-electron chi connectivity index (χ4n) is 2.44. The Morgan fingerprint density at radius 2 is 2.24 bits per heavy atom. The number of aliphatic hydroxyl groups is 1. The molecule has 0 aromatic carbocycles. The van der Waals surface area contributed by atoms with E-state index in [9.17, 15) is 9.90 Å². The molecule has 0 fully saturated rings. The zero-order chi connectivity index (χ0) is 12.5. The lowest BCUT2D eigenvalue weighted by atomic mass is 9.75. The average Bonchev–Trinajstić information content (AvgIpc) is 2.65. The number of thiophene rings is 1. The monoisotopic (exact) mass is 250 g/mol. The van der Waals surface area contributed by atoms with Crippen LogP contribution in [0.2, 0.25) is 0 Å². The molecule has 0 spiro atoms. The maximum atomic E-state index is 11.6. The second-order valence-corrected chi connectivity index (χ2v) is 6.50. The van der Waals surface area contributed by atoms with Crippen LogP contribution in [-0.4, -0.2) is 10.9 Å². The minimum atomic E-state index is -0.469. The minimum absolute atomic E-state index is 0.0380. The lowest BCUT2D eigenvalue weighted by Gasteiger charge is -2.29. The number of carbonyl (C=O) groups excluding carboxylic acids is 1. The van der Waals surface area contributed by atoms with Crippen molar-refractivity contribution >= 4 is 17.1 Å². The fourth-order valence-corrected chi connectivity index (χ4v) is 3.15. The van der Waals surface area contributed by atoms with E-state index in [1.54, 1.807) is 17.4 Å². The summed E-state index contributed by atoms with van der Waals surface area (Å²) in [6.45, 7) is 4.21. The van der Waals surface area contributed by atoms with Crippen molar-refractivity contribution in [3.63, 3.8) is 0 Å². The van der Waals surface area contributed by atoms with Gasteiger partial charge in [0.15, 0.2) is 5.78 Å². The van der Waals surface area contributed by atoms with Crippen LogP contribution in [0.5, 0.6) is 0 Å². The first kappa shape index (κ1) is 12.5. The quantitative estimate of drug-likeness (QED) is 0.891. The number of aliphatic hydroxyl groups excluding tert-OH is 1. The Bertz CT molecular complexity index is 429. The molecule has 2 rings (SSSR count). The molecule has 0 saturated heterocycles. The van der Waals surface area contributed by atoms with Gasteiger partial charge in [-0.05, 0) is 35.8 Å². The summed E-state index contributed by atoms with van der Waals surface area (Å²) < 4.78 is 0. The first-order valence-corrected chi connectivity index (χ1v) is 6.78. The van der Waals surface area contributed by atoms with Crippen LogP contribution in [0.4, 0.5) is 0 Å². The van der Waals surface area contributed by atoms with Gasteiger partial charge in [0, 0.05) is 11.3 Å². The van der Waals surface area contributed by atoms with Crippen molar-refractivity contribution in [3.05, 3.63) is 34.0 Å². The summed E-state index contributed by atoms with van der Waals surface area (Å²) in [5.41, 5.74) is 1.11. The molecule has 2 nitrogen and oxygen atoms in total. The number of rotatable bonds is 3. The summed E-state index contributed by atoms with van der Waals surface area (Å²) >= 11 is 1.56. The Kier molecular flexibility index (Phi) is 3.50. The van der Waals surface area contributed by atoms with E-state index in [1.165, 1.54) is 0 Å². The summed E-state index contributed by atoms with van der Waals surface area (Å²) in [6, 6.07) is 3.87. The molecule has 3 heteroatoms. The standard InChI is InChI=1S/C14H18O2S/c1-14(2)8-10(6-11(15)9-14)7-12(16)13-4-3-5-17-13/h3-6,12,16H,7-9H2,1-2H3. The molecule has 1 aromatic rings. The number of carbonyl (C=O) groups is 1. The van der Waals surface area contributed by atoms with E-state index in [2.05, 4.69) is 13.8 Å². The molecular weight excluding hydrogens is 232 g/mol. The van der Waals surface area contributed by atoms with E-state index in [0.29, 0.717) is 12.8 Å². The number of ketones is 1. The first-order chi connectivity index (χ1) is 7.96. The fraction of sp³-hybridized carbons (Fsp3) is 0.500. The van der Waals surface area contributed by atoms with Gasteiger partial charge in [-0.2, -0.15) is 0 Å². The normalized spacial score (nSPS) is 21.1. The summed E-state index contributed by atoms with van der Waals surface area (Å²) in [4.78, 5) is 12.6. The third-order valence-electron chi connectivity index (χ3n) is 3.05. The van der Waals surface area contributed by atoms with Crippen LogP contribution in [-0.2, 0) is 4.79 Å². The van der Waals surface area contributed by atoms with Crippen molar-refractivity contribution in [1.82, 2.24) is 0 Å².